The van der Waals surface area contributed by atoms with Gasteiger partial charge in [-0.15, -0.1) is 0 Å². The Morgan fingerprint density at radius 1 is 1.27 bits per heavy atom. The average molecular weight is 313 g/mol. The molecule has 128 valence electrons. The molecule has 0 spiro atoms. The Morgan fingerprint density at radius 2 is 1.91 bits per heavy atom. The van der Waals surface area contributed by atoms with Gasteiger partial charge >= 0.3 is 11.9 Å². The Balaban J connectivity index is 2.21. The maximum atomic E-state index is 11.9. The van der Waals surface area contributed by atoms with Crippen molar-refractivity contribution in [2.75, 3.05) is 0 Å². The SMILES string of the molecule is CCCCC1CCC(OC(=O)CC(C)C[C@H](N)C(=O)O)CC1. The monoisotopic (exact) mass is 313 g/mol. The average Bonchev–Trinajstić information content (AvgIpc) is 2.46. The fourth-order valence-electron chi connectivity index (χ4n) is 3.17. The van der Waals surface area contributed by atoms with E-state index >= 15 is 0 Å². The van der Waals surface area contributed by atoms with Gasteiger partial charge in [-0.05, 0) is 43.9 Å². The number of hydrogen-bond donors (Lipinski definition) is 2. The molecule has 0 heterocycles. The molecule has 0 aromatic carbocycles. The molecule has 0 radical (unpaired) electrons. The second-order valence-electron chi connectivity index (χ2n) is 6.76. The second-order valence-corrected chi connectivity index (χ2v) is 6.76. The second kappa shape index (κ2) is 9.82. The molecule has 0 aromatic rings. The summed E-state index contributed by atoms with van der Waals surface area (Å²) < 4.78 is 5.53. The molecule has 1 unspecified atom stereocenters. The first kappa shape index (κ1) is 18.9. The van der Waals surface area contributed by atoms with Crippen molar-refractivity contribution in [1.82, 2.24) is 0 Å². The van der Waals surface area contributed by atoms with E-state index in [2.05, 4.69) is 6.92 Å². The van der Waals surface area contributed by atoms with Crippen molar-refractivity contribution in [1.29, 1.82) is 0 Å². The molecule has 1 aliphatic carbocycles. The highest BCUT2D eigenvalue weighted by molar-refractivity contribution is 5.73. The molecule has 1 rings (SSSR count). The smallest absolute Gasteiger partial charge is 0.320 e. The fourth-order valence-corrected chi connectivity index (χ4v) is 3.17. The molecule has 2 atom stereocenters. The number of rotatable bonds is 9. The van der Waals surface area contributed by atoms with Crippen molar-refractivity contribution in [2.24, 2.45) is 17.6 Å². The van der Waals surface area contributed by atoms with Crippen LogP contribution in [0.5, 0.6) is 0 Å². The first-order valence-electron chi connectivity index (χ1n) is 8.60. The molecule has 1 saturated carbocycles. The molecule has 22 heavy (non-hydrogen) atoms. The third-order valence-corrected chi connectivity index (χ3v) is 4.55. The molecular weight excluding hydrogens is 282 g/mol. The number of esters is 1. The third kappa shape index (κ3) is 7.25. The molecule has 0 bridgehead atoms. The summed E-state index contributed by atoms with van der Waals surface area (Å²) in [7, 11) is 0. The van der Waals surface area contributed by atoms with Crippen LogP contribution < -0.4 is 5.73 Å². The number of unbranched alkanes of at least 4 members (excludes halogenated alkanes) is 1. The lowest BCUT2D eigenvalue weighted by Gasteiger charge is -2.28. The van der Waals surface area contributed by atoms with Gasteiger partial charge in [0.1, 0.15) is 12.1 Å². The van der Waals surface area contributed by atoms with Crippen LogP contribution in [0, 0.1) is 11.8 Å². The lowest BCUT2D eigenvalue weighted by atomic mass is 9.84. The van der Waals surface area contributed by atoms with Crippen LogP contribution in [-0.4, -0.2) is 29.2 Å². The minimum absolute atomic E-state index is 0.0470. The van der Waals surface area contributed by atoms with Gasteiger partial charge in [-0.2, -0.15) is 0 Å². The van der Waals surface area contributed by atoms with Crippen LogP contribution in [0.25, 0.3) is 0 Å². The summed E-state index contributed by atoms with van der Waals surface area (Å²) in [5, 5.41) is 8.77. The van der Waals surface area contributed by atoms with Gasteiger partial charge in [0.15, 0.2) is 0 Å². The van der Waals surface area contributed by atoms with E-state index in [1.807, 2.05) is 6.92 Å². The topological polar surface area (TPSA) is 89.6 Å². The number of carbonyl (C=O) groups excluding carboxylic acids is 1. The number of carboxylic acid groups (broad SMARTS) is 1. The van der Waals surface area contributed by atoms with Gasteiger partial charge in [0.25, 0.3) is 0 Å². The number of ether oxygens (including phenoxy) is 1. The molecule has 1 fully saturated rings. The maximum Gasteiger partial charge on any atom is 0.320 e. The molecule has 0 saturated heterocycles. The Labute approximate surface area is 133 Å². The number of carboxylic acids is 1. The van der Waals surface area contributed by atoms with Gasteiger partial charge in [-0.25, -0.2) is 0 Å². The Bertz CT molecular complexity index is 351. The highest BCUT2D eigenvalue weighted by Crippen LogP contribution is 2.30. The van der Waals surface area contributed by atoms with E-state index in [-0.39, 0.29) is 24.4 Å². The van der Waals surface area contributed by atoms with Crippen LogP contribution in [0.2, 0.25) is 0 Å². The summed E-state index contributed by atoms with van der Waals surface area (Å²) in [4.78, 5) is 22.6. The van der Waals surface area contributed by atoms with E-state index in [1.54, 1.807) is 0 Å². The minimum Gasteiger partial charge on any atom is -0.480 e. The Morgan fingerprint density at radius 3 is 2.45 bits per heavy atom. The van der Waals surface area contributed by atoms with Crippen LogP contribution in [0.15, 0.2) is 0 Å². The summed E-state index contributed by atoms with van der Waals surface area (Å²) in [6.45, 7) is 4.05. The summed E-state index contributed by atoms with van der Waals surface area (Å²) in [6, 6.07) is -0.906. The zero-order valence-electron chi connectivity index (χ0n) is 13.9. The van der Waals surface area contributed by atoms with Crippen LogP contribution in [-0.2, 0) is 14.3 Å². The van der Waals surface area contributed by atoms with Gasteiger partial charge in [0.2, 0.25) is 0 Å². The van der Waals surface area contributed by atoms with Crippen molar-refractivity contribution in [3.05, 3.63) is 0 Å². The molecule has 1 aliphatic rings. The first-order valence-corrected chi connectivity index (χ1v) is 8.60. The lowest BCUT2D eigenvalue weighted by Crippen LogP contribution is -2.32. The summed E-state index contributed by atoms with van der Waals surface area (Å²) in [5.41, 5.74) is 5.48. The van der Waals surface area contributed by atoms with Gasteiger partial charge in [0, 0.05) is 6.42 Å². The van der Waals surface area contributed by atoms with Crippen molar-refractivity contribution in [3.8, 4) is 0 Å². The lowest BCUT2D eigenvalue weighted by molar-refractivity contribution is -0.152. The Hall–Kier alpha value is -1.10. The standard InChI is InChI=1S/C17H31NO4/c1-3-4-5-13-6-8-14(9-7-13)22-16(19)11-12(2)10-15(18)17(20)21/h12-15H,3-11,18H2,1-2H3,(H,20,21)/t12?,13?,14?,15-/m0/s1. The van der Waals surface area contributed by atoms with E-state index in [0.717, 1.165) is 31.6 Å². The normalized spacial score (nSPS) is 24.5. The zero-order chi connectivity index (χ0) is 16.5. The van der Waals surface area contributed by atoms with E-state index in [9.17, 15) is 9.59 Å². The van der Waals surface area contributed by atoms with E-state index in [0.29, 0.717) is 6.42 Å². The zero-order valence-corrected chi connectivity index (χ0v) is 13.9. The quantitative estimate of drug-likeness (QED) is 0.638. The van der Waals surface area contributed by atoms with Crippen molar-refractivity contribution in [2.45, 2.75) is 83.8 Å². The molecule has 5 nitrogen and oxygen atoms in total. The predicted octanol–water partition coefficient (Wildman–Crippen LogP) is 3.11. The van der Waals surface area contributed by atoms with Crippen LogP contribution >= 0.6 is 0 Å². The molecule has 0 aromatic heterocycles. The molecule has 3 N–H and O–H groups in total. The maximum absolute atomic E-state index is 11.9. The highest BCUT2D eigenvalue weighted by Gasteiger charge is 2.25. The van der Waals surface area contributed by atoms with Gasteiger partial charge in [-0.3, -0.25) is 9.59 Å². The molecule has 5 heteroatoms. The third-order valence-electron chi connectivity index (χ3n) is 4.55. The number of hydrogen-bond acceptors (Lipinski definition) is 4. The largest absolute Gasteiger partial charge is 0.480 e. The highest BCUT2D eigenvalue weighted by atomic mass is 16.5. The summed E-state index contributed by atoms with van der Waals surface area (Å²) in [6.07, 6.45) is 8.64. The predicted molar refractivity (Wildman–Crippen MR) is 85.4 cm³/mol. The number of carbonyl (C=O) groups is 2. The summed E-state index contributed by atoms with van der Waals surface area (Å²) in [5.74, 6) is -0.519. The van der Waals surface area contributed by atoms with Crippen molar-refractivity contribution in [3.63, 3.8) is 0 Å². The van der Waals surface area contributed by atoms with Crippen molar-refractivity contribution < 1.29 is 19.4 Å². The van der Waals surface area contributed by atoms with E-state index in [1.165, 1.54) is 19.3 Å². The van der Waals surface area contributed by atoms with Gasteiger partial charge < -0.3 is 15.6 Å². The van der Waals surface area contributed by atoms with Gasteiger partial charge in [0.05, 0.1) is 0 Å². The first-order chi connectivity index (χ1) is 10.4. The number of nitrogens with two attached hydrogens (primary N) is 1. The van der Waals surface area contributed by atoms with Crippen LogP contribution in [0.3, 0.4) is 0 Å². The molecular formula is C17H31NO4. The number of aliphatic carboxylic acids is 1. The van der Waals surface area contributed by atoms with Gasteiger partial charge in [-0.1, -0.05) is 33.1 Å². The Kier molecular flexibility index (Phi) is 8.46. The minimum atomic E-state index is -1.02. The van der Waals surface area contributed by atoms with Crippen LogP contribution in [0.4, 0.5) is 0 Å². The van der Waals surface area contributed by atoms with Crippen molar-refractivity contribution >= 4 is 11.9 Å². The van der Waals surface area contributed by atoms with Crippen LogP contribution in [0.1, 0.15) is 71.6 Å². The molecule has 0 aliphatic heterocycles. The fraction of sp³-hybridized carbons (Fsp3) is 0.882. The summed E-state index contributed by atoms with van der Waals surface area (Å²) >= 11 is 0. The van der Waals surface area contributed by atoms with E-state index < -0.39 is 12.0 Å². The molecule has 0 amide bonds. The van der Waals surface area contributed by atoms with E-state index in [4.69, 9.17) is 15.6 Å².